The molecule has 1 unspecified atom stereocenters. The predicted octanol–water partition coefficient (Wildman–Crippen LogP) is 2.84. The number of unbranched alkanes of at least 4 members (excludes halogenated alkanes) is 1. The van der Waals surface area contributed by atoms with E-state index in [-0.39, 0.29) is 11.3 Å². The van der Waals surface area contributed by atoms with Gasteiger partial charge in [-0.2, -0.15) is 0 Å². The van der Waals surface area contributed by atoms with Gasteiger partial charge in [0.15, 0.2) is 0 Å². The number of nitrogens with one attached hydrogen (secondary N) is 1. The quantitative estimate of drug-likeness (QED) is 0.705. The summed E-state index contributed by atoms with van der Waals surface area (Å²) in [5.74, 6) is 0.0343. The van der Waals surface area contributed by atoms with E-state index >= 15 is 0 Å². The zero-order chi connectivity index (χ0) is 10.4. The number of carbonyl (C=O) groups is 1. The summed E-state index contributed by atoms with van der Waals surface area (Å²) in [5.41, 5.74) is 0. The van der Waals surface area contributed by atoms with Crippen LogP contribution in [0.5, 0.6) is 0 Å². The minimum Gasteiger partial charge on any atom is -0.352 e. The van der Waals surface area contributed by atoms with Gasteiger partial charge in [-0.3, -0.25) is 4.79 Å². The molecule has 14 heavy (non-hydrogen) atoms. The standard InChI is InChI=1S/C11H20ClNO/c1-2-3-8-10(12)11(14)13-9-6-4-5-7-9/h9-10H,2-8H2,1H3,(H,13,14). The average Bonchev–Trinajstić information content (AvgIpc) is 2.66. The lowest BCUT2D eigenvalue weighted by Crippen LogP contribution is -2.37. The zero-order valence-electron chi connectivity index (χ0n) is 8.89. The van der Waals surface area contributed by atoms with Gasteiger partial charge in [0.2, 0.25) is 5.91 Å². The molecular weight excluding hydrogens is 198 g/mol. The van der Waals surface area contributed by atoms with E-state index in [4.69, 9.17) is 11.6 Å². The molecule has 0 radical (unpaired) electrons. The van der Waals surface area contributed by atoms with Gasteiger partial charge in [-0.05, 0) is 19.3 Å². The Morgan fingerprint density at radius 1 is 1.50 bits per heavy atom. The Balaban J connectivity index is 2.18. The summed E-state index contributed by atoms with van der Waals surface area (Å²) in [4.78, 5) is 11.6. The Labute approximate surface area is 91.4 Å². The summed E-state index contributed by atoms with van der Waals surface area (Å²) in [6, 6.07) is 0.394. The molecule has 3 heteroatoms. The van der Waals surface area contributed by atoms with E-state index < -0.39 is 0 Å². The summed E-state index contributed by atoms with van der Waals surface area (Å²) in [5, 5.41) is 2.69. The fourth-order valence-electron chi connectivity index (χ4n) is 1.88. The molecule has 0 bridgehead atoms. The second-order valence-electron chi connectivity index (χ2n) is 4.10. The lowest BCUT2D eigenvalue weighted by molar-refractivity contribution is -0.121. The monoisotopic (exact) mass is 217 g/mol. The van der Waals surface area contributed by atoms with Crippen molar-refractivity contribution in [2.45, 2.75) is 63.3 Å². The third kappa shape index (κ3) is 3.87. The highest BCUT2D eigenvalue weighted by molar-refractivity contribution is 6.30. The van der Waals surface area contributed by atoms with Gasteiger partial charge >= 0.3 is 0 Å². The average molecular weight is 218 g/mol. The molecule has 1 atom stereocenters. The molecule has 0 spiro atoms. The molecule has 1 N–H and O–H groups in total. The fraction of sp³-hybridized carbons (Fsp3) is 0.909. The largest absolute Gasteiger partial charge is 0.352 e. The van der Waals surface area contributed by atoms with Crippen molar-refractivity contribution in [3.63, 3.8) is 0 Å². The van der Waals surface area contributed by atoms with Crippen LogP contribution < -0.4 is 5.32 Å². The molecule has 0 aromatic carbocycles. The molecule has 0 heterocycles. The summed E-state index contributed by atoms with van der Waals surface area (Å²) >= 11 is 5.98. The Bertz CT molecular complexity index is 178. The van der Waals surface area contributed by atoms with E-state index in [1.54, 1.807) is 0 Å². The zero-order valence-corrected chi connectivity index (χ0v) is 9.65. The molecule has 1 fully saturated rings. The van der Waals surface area contributed by atoms with Gasteiger partial charge in [-0.1, -0.05) is 32.6 Å². The smallest absolute Gasteiger partial charge is 0.238 e. The summed E-state index contributed by atoms with van der Waals surface area (Å²) < 4.78 is 0. The van der Waals surface area contributed by atoms with Gasteiger partial charge in [0.1, 0.15) is 5.38 Å². The first-order valence-electron chi connectivity index (χ1n) is 5.68. The first kappa shape index (κ1) is 11.8. The SMILES string of the molecule is CCCCC(Cl)C(=O)NC1CCCC1. The number of hydrogen-bond donors (Lipinski definition) is 1. The molecule has 0 saturated heterocycles. The van der Waals surface area contributed by atoms with E-state index in [1.165, 1.54) is 12.8 Å². The van der Waals surface area contributed by atoms with Crippen LogP contribution in [0.3, 0.4) is 0 Å². The number of carbonyl (C=O) groups excluding carboxylic acids is 1. The Morgan fingerprint density at radius 2 is 2.14 bits per heavy atom. The van der Waals surface area contributed by atoms with Crippen LogP contribution in [0, 0.1) is 0 Å². The Morgan fingerprint density at radius 3 is 2.71 bits per heavy atom. The van der Waals surface area contributed by atoms with E-state index in [0.717, 1.165) is 32.1 Å². The van der Waals surface area contributed by atoms with Crippen molar-refractivity contribution in [3.8, 4) is 0 Å². The van der Waals surface area contributed by atoms with Crippen LogP contribution in [0.25, 0.3) is 0 Å². The molecular formula is C11H20ClNO. The Hall–Kier alpha value is -0.240. The third-order valence-electron chi connectivity index (χ3n) is 2.80. The maximum Gasteiger partial charge on any atom is 0.238 e. The summed E-state index contributed by atoms with van der Waals surface area (Å²) in [6.07, 6.45) is 7.68. The molecule has 1 rings (SSSR count). The highest BCUT2D eigenvalue weighted by Crippen LogP contribution is 2.18. The molecule has 0 aromatic heterocycles. The van der Waals surface area contributed by atoms with Gasteiger partial charge in [0.25, 0.3) is 0 Å². The highest BCUT2D eigenvalue weighted by atomic mass is 35.5. The van der Waals surface area contributed by atoms with E-state index in [9.17, 15) is 4.79 Å². The van der Waals surface area contributed by atoms with Crippen LogP contribution >= 0.6 is 11.6 Å². The van der Waals surface area contributed by atoms with Crippen molar-refractivity contribution in [1.82, 2.24) is 5.32 Å². The van der Waals surface area contributed by atoms with Crippen molar-refractivity contribution < 1.29 is 4.79 Å². The predicted molar refractivity (Wildman–Crippen MR) is 59.6 cm³/mol. The van der Waals surface area contributed by atoms with Gasteiger partial charge in [0.05, 0.1) is 0 Å². The minimum absolute atomic E-state index is 0.0343. The van der Waals surface area contributed by atoms with Crippen LogP contribution in [0.15, 0.2) is 0 Å². The molecule has 1 saturated carbocycles. The molecule has 0 aromatic rings. The number of hydrogen-bond acceptors (Lipinski definition) is 1. The van der Waals surface area contributed by atoms with Crippen molar-refractivity contribution in [3.05, 3.63) is 0 Å². The highest BCUT2D eigenvalue weighted by Gasteiger charge is 2.21. The van der Waals surface area contributed by atoms with Gasteiger partial charge < -0.3 is 5.32 Å². The van der Waals surface area contributed by atoms with Crippen molar-refractivity contribution in [2.75, 3.05) is 0 Å². The van der Waals surface area contributed by atoms with Crippen LogP contribution in [0.4, 0.5) is 0 Å². The summed E-state index contributed by atoms with van der Waals surface area (Å²) in [7, 11) is 0. The lowest BCUT2D eigenvalue weighted by Gasteiger charge is -2.14. The maximum atomic E-state index is 11.6. The number of halogens is 1. The normalized spacial score (nSPS) is 19.6. The van der Waals surface area contributed by atoms with Crippen molar-refractivity contribution >= 4 is 17.5 Å². The number of rotatable bonds is 5. The molecule has 1 aliphatic rings. The molecule has 0 aliphatic heterocycles. The van der Waals surface area contributed by atoms with E-state index in [1.807, 2.05) is 0 Å². The van der Waals surface area contributed by atoms with Crippen LogP contribution in [0.2, 0.25) is 0 Å². The van der Waals surface area contributed by atoms with E-state index in [0.29, 0.717) is 6.04 Å². The van der Waals surface area contributed by atoms with Crippen LogP contribution in [-0.2, 0) is 4.79 Å². The second-order valence-corrected chi connectivity index (χ2v) is 4.63. The lowest BCUT2D eigenvalue weighted by atomic mass is 10.1. The fourth-order valence-corrected chi connectivity index (χ4v) is 2.09. The first-order chi connectivity index (χ1) is 6.74. The Kier molecular flexibility index (Phi) is 5.31. The third-order valence-corrected chi connectivity index (χ3v) is 3.21. The van der Waals surface area contributed by atoms with E-state index in [2.05, 4.69) is 12.2 Å². The second kappa shape index (κ2) is 6.28. The summed E-state index contributed by atoms with van der Waals surface area (Å²) in [6.45, 7) is 2.11. The molecule has 1 amide bonds. The van der Waals surface area contributed by atoms with Crippen molar-refractivity contribution in [1.29, 1.82) is 0 Å². The maximum absolute atomic E-state index is 11.6. The minimum atomic E-state index is -0.324. The molecule has 2 nitrogen and oxygen atoms in total. The molecule has 1 aliphatic carbocycles. The molecule has 82 valence electrons. The number of amides is 1. The first-order valence-corrected chi connectivity index (χ1v) is 6.12. The number of alkyl halides is 1. The van der Waals surface area contributed by atoms with Crippen LogP contribution in [0.1, 0.15) is 51.9 Å². The van der Waals surface area contributed by atoms with Gasteiger partial charge in [0, 0.05) is 6.04 Å². The van der Waals surface area contributed by atoms with Crippen LogP contribution in [-0.4, -0.2) is 17.3 Å². The topological polar surface area (TPSA) is 29.1 Å². The van der Waals surface area contributed by atoms with Gasteiger partial charge in [-0.25, -0.2) is 0 Å². The van der Waals surface area contributed by atoms with Gasteiger partial charge in [-0.15, -0.1) is 11.6 Å². The van der Waals surface area contributed by atoms with Crippen molar-refractivity contribution in [2.24, 2.45) is 0 Å².